The summed E-state index contributed by atoms with van der Waals surface area (Å²) < 4.78 is 11.5. The van der Waals surface area contributed by atoms with Crippen molar-refractivity contribution < 1.29 is 13.9 Å². The molecule has 3 aromatic rings. The minimum absolute atomic E-state index is 0.0324. The zero-order valence-corrected chi connectivity index (χ0v) is 16.4. The van der Waals surface area contributed by atoms with Crippen LogP contribution in [0, 0.1) is 6.92 Å². The first kappa shape index (κ1) is 19.0. The number of amides is 2. The van der Waals surface area contributed by atoms with Gasteiger partial charge in [-0.1, -0.05) is 30.3 Å². The first-order valence-corrected chi connectivity index (χ1v) is 9.80. The van der Waals surface area contributed by atoms with Gasteiger partial charge >= 0.3 is 6.03 Å². The average Bonchev–Trinajstić information content (AvgIpc) is 3.22. The molecule has 7 heteroatoms. The highest BCUT2D eigenvalue weighted by Gasteiger charge is 2.28. The molecule has 4 rings (SSSR count). The van der Waals surface area contributed by atoms with Crippen LogP contribution in [0.15, 0.2) is 59.0 Å². The maximum atomic E-state index is 12.6. The number of anilines is 1. The number of aromatic nitrogens is 2. The van der Waals surface area contributed by atoms with Gasteiger partial charge in [0.1, 0.15) is 5.75 Å². The molecule has 1 aliphatic rings. The molecule has 0 saturated carbocycles. The molecule has 1 aromatic heterocycles. The van der Waals surface area contributed by atoms with E-state index in [0.29, 0.717) is 24.9 Å². The topological polar surface area (TPSA) is 80.5 Å². The lowest BCUT2D eigenvalue weighted by Crippen LogP contribution is -2.41. The number of carbonyl (C=O) groups is 1. The molecule has 1 saturated heterocycles. The molecule has 0 aliphatic carbocycles. The second kappa shape index (κ2) is 8.77. The van der Waals surface area contributed by atoms with Crippen LogP contribution in [0.4, 0.5) is 10.5 Å². The quantitative estimate of drug-likeness (QED) is 0.697. The number of urea groups is 1. The summed E-state index contributed by atoms with van der Waals surface area (Å²) in [6.45, 7) is 3.49. The number of carbonyl (C=O) groups excluding carboxylic acids is 1. The van der Waals surface area contributed by atoms with E-state index in [1.165, 1.54) is 0 Å². The Kier molecular flexibility index (Phi) is 5.74. The second-order valence-corrected chi connectivity index (χ2v) is 7.22. The number of aryl methyl sites for hydroxylation is 1. The van der Waals surface area contributed by atoms with Gasteiger partial charge in [-0.05, 0) is 49.6 Å². The minimum atomic E-state index is -0.104. The molecule has 29 heavy (non-hydrogen) atoms. The smallest absolute Gasteiger partial charge is 0.321 e. The van der Waals surface area contributed by atoms with E-state index in [-0.39, 0.29) is 18.6 Å². The number of piperidine rings is 1. The molecule has 1 N–H and O–H groups in total. The van der Waals surface area contributed by atoms with Crippen molar-refractivity contribution in [2.45, 2.75) is 32.3 Å². The van der Waals surface area contributed by atoms with Crippen LogP contribution < -0.4 is 10.1 Å². The van der Waals surface area contributed by atoms with Gasteiger partial charge in [-0.25, -0.2) is 4.79 Å². The monoisotopic (exact) mass is 392 g/mol. The maximum Gasteiger partial charge on any atom is 0.321 e. The van der Waals surface area contributed by atoms with E-state index in [0.717, 1.165) is 29.8 Å². The van der Waals surface area contributed by atoms with Gasteiger partial charge in [-0.3, -0.25) is 0 Å². The van der Waals surface area contributed by atoms with Crippen LogP contribution in [0.5, 0.6) is 5.75 Å². The first-order valence-electron chi connectivity index (χ1n) is 9.80. The maximum absolute atomic E-state index is 12.6. The summed E-state index contributed by atoms with van der Waals surface area (Å²) in [4.78, 5) is 14.5. The molecular weight excluding hydrogens is 368 g/mol. The van der Waals surface area contributed by atoms with Crippen molar-refractivity contribution in [3.05, 3.63) is 71.9 Å². The lowest BCUT2D eigenvalue weighted by molar-refractivity contribution is 0.184. The van der Waals surface area contributed by atoms with Crippen LogP contribution >= 0.6 is 0 Å². The Labute approximate surface area is 169 Å². The Morgan fingerprint density at radius 2 is 2.07 bits per heavy atom. The summed E-state index contributed by atoms with van der Waals surface area (Å²) >= 11 is 0. The van der Waals surface area contributed by atoms with Crippen LogP contribution in [-0.4, -0.2) is 34.2 Å². The second-order valence-electron chi connectivity index (χ2n) is 7.22. The number of para-hydroxylation sites is 1. The van der Waals surface area contributed by atoms with Crippen molar-refractivity contribution in [2.24, 2.45) is 0 Å². The number of rotatable bonds is 5. The van der Waals surface area contributed by atoms with Crippen molar-refractivity contribution in [1.29, 1.82) is 0 Å². The fourth-order valence-corrected chi connectivity index (χ4v) is 3.44. The summed E-state index contributed by atoms with van der Waals surface area (Å²) in [6, 6.07) is 17.2. The Hall–Kier alpha value is -3.35. The van der Waals surface area contributed by atoms with E-state index in [2.05, 4.69) is 15.5 Å². The molecule has 7 nitrogen and oxygen atoms in total. The molecule has 1 unspecified atom stereocenters. The molecule has 1 atom stereocenters. The molecule has 0 spiro atoms. The zero-order valence-electron chi connectivity index (χ0n) is 16.4. The fraction of sp³-hybridized carbons (Fsp3) is 0.318. The van der Waals surface area contributed by atoms with E-state index in [1.807, 2.05) is 61.5 Å². The van der Waals surface area contributed by atoms with Crippen LogP contribution in [-0.2, 0) is 6.61 Å². The molecule has 0 radical (unpaired) electrons. The van der Waals surface area contributed by atoms with Crippen LogP contribution in [0.3, 0.4) is 0 Å². The number of hydrogen-bond donors (Lipinski definition) is 1. The number of likely N-dealkylation sites (tertiary alicyclic amines) is 1. The highest BCUT2D eigenvalue weighted by atomic mass is 16.5. The number of nitrogens with one attached hydrogen (secondary N) is 1. The van der Waals surface area contributed by atoms with Gasteiger partial charge in [0.15, 0.2) is 6.61 Å². The highest BCUT2D eigenvalue weighted by molar-refractivity contribution is 5.89. The van der Waals surface area contributed by atoms with Crippen molar-refractivity contribution in [3.8, 4) is 5.75 Å². The molecule has 150 valence electrons. The van der Waals surface area contributed by atoms with Gasteiger partial charge in [-0.2, -0.15) is 0 Å². The number of nitrogens with zero attached hydrogens (tertiary/aromatic N) is 3. The molecule has 2 amide bonds. The Balaban J connectivity index is 1.34. The number of hydrogen-bond acceptors (Lipinski definition) is 5. The first-order chi connectivity index (χ1) is 14.2. The van der Waals surface area contributed by atoms with Gasteiger partial charge < -0.3 is 19.4 Å². The van der Waals surface area contributed by atoms with Crippen LogP contribution in [0.2, 0.25) is 0 Å². The largest absolute Gasteiger partial charge is 0.484 e. The predicted molar refractivity (Wildman–Crippen MR) is 109 cm³/mol. The third-order valence-electron chi connectivity index (χ3n) is 4.92. The lowest BCUT2D eigenvalue weighted by Gasteiger charge is -2.31. The normalized spacial score (nSPS) is 16.4. The summed E-state index contributed by atoms with van der Waals surface area (Å²) in [5, 5.41) is 11.2. The summed E-state index contributed by atoms with van der Waals surface area (Å²) in [6.07, 6.45) is 1.81. The van der Waals surface area contributed by atoms with Crippen LogP contribution in [0.1, 0.15) is 36.1 Å². The van der Waals surface area contributed by atoms with E-state index in [4.69, 9.17) is 9.15 Å². The third kappa shape index (κ3) is 4.93. The third-order valence-corrected chi connectivity index (χ3v) is 4.92. The fourth-order valence-electron chi connectivity index (χ4n) is 3.44. The Bertz CT molecular complexity index is 957. The van der Waals surface area contributed by atoms with Gasteiger partial charge in [0, 0.05) is 18.8 Å². The number of benzene rings is 2. The Morgan fingerprint density at radius 1 is 1.21 bits per heavy atom. The standard InChI is InChI=1S/C22H24N4O3/c1-16-7-5-9-18(13-16)23-22(27)26-12-6-8-17(14-26)21-25-24-20(29-21)15-28-19-10-3-2-4-11-19/h2-5,7,9-11,13,17H,6,8,12,14-15H2,1H3,(H,23,27). The summed E-state index contributed by atoms with van der Waals surface area (Å²) in [7, 11) is 0. The van der Waals surface area contributed by atoms with E-state index in [1.54, 1.807) is 4.90 Å². The molecule has 1 fully saturated rings. The highest BCUT2D eigenvalue weighted by Crippen LogP contribution is 2.27. The SMILES string of the molecule is Cc1cccc(NC(=O)N2CCCC(c3nnc(COc4ccccc4)o3)C2)c1. The molecule has 0 bridgehead atoms. The van der Waals surface area contributed by atoms with Crippen molar-refractivity contribution >= 4 is 11.7 Å². The van der Waals surface area contributed by atoms with Crippen molar-refractivity contribution in [3.63, 3.8) is 0 Å². The van der Waals surface area contributed by atoms with Gasteiger partial charge in [-0.15, -0.1) is 10.2 Å². The van der Waals surface area contributed by atoms with Gasteiger partial charge in [0.2, 0.25) is 5.89 Å². The predicted octanol–water partition coefficient (Wildman–Crippen LogP) is 4.37. The molecule has 2 aromatic carbocycles. The summed E-state index contributed by atoms with van der Waals surface area (Å²) in [5.41, 5.74) is 1.91. The van der Waals surface area contributed by atoms with E-state index in [9.17, 15) is 4.79 Å². The van der Waals surface area contributed by atoms with Crippen LogP contribution in [0.25, 0.3) is 0 Å². The van der Waals surface area contributed by atoms with Crippen molar-refractivity contribution in [2.75, 3.05) is 18.4 Å². The van der Waals surface area contributed by atoms with Gasteiger partial charge in [0.25, 0.3) is 5.89 Å². The molecule has 2 heterocycles. The average molecular weight is 392 g/mol. The van der Waals surface area contributed by atoms with Crippen molar-refractivity contribution in [1.82, 2.24) is 15.1 Å². The number of ether oxygens (including phenoxy) is 1. The molecular formula is C22H24N4O3. The summed E-state index contributed by atoms with van der Waals surface area (Å²) in [5.74, 6) is 1.78. The minimum Gasteiger partial charge on any atom is -0.484 e. The van der Waals surface area contributed by atoms with E-state index >= 15 is 0 Å². The zero-order chi connectivity index (χ0) is 20.1. The molecule has 1 aliphatic heterocycles. The Morgan fingerprint density at radius 3 is 2.90 bits per heavy atom. The van der Waals surface area contributed by atoms with Gasteiger partial charge in [0.05, 0.1) is 5.92 Å². The lowest BCUT2D eigenvalue weighted by atomic mass is 9.98. The van der Waals surface area contributed by atoms with E-state index < -0.39 is 0 Å².